The molecule has 0 fully saturated rings. The molecule has 1 heterocycles. The van der Waals surface area contributed by atoms with Crippen molar-refractivity contribution in [3.8, 4) is 22.4 Å². The van der Waals surface area contributed by atoms with Crippen LogP contribution in [-0.2, 0) is 9.47 Å². The first-order valence-electron chi connectivity index (χ1n) is 9.59. The molecule has 29 heavy (non-hydrogen) atoms. The fraction of sp³-hybridized carbons (Fsp3) is 0.250. The Morgan fingerprint density at radius 3 is 1.97 bits per heavy atom. The molecule has 2 aromatic carbocycles. The summed E-state index contributed by atoms with van der Waals surface area (Å²) in [6, 6.07) is 20.8. The van der Waals surface area contributed by atoms with Gasteiger partial charge in [0.2, 0.25) is 0 Å². The third kappa shape index (κ3) is 4.57. The maximum Gasteiger partial charge on any atom is 0.419 e. The SMILES string of the molecule is CCOC(=O)c1cc(-c2ccccc2)c(-c2ccccc2)n1C(=O)OC(C)(C)C. The number of rotatable bonds is 4. The van der Waals surface area contributed by atoms with Crippen molar-refractivity contribution in [2.24, 2.45) is 0 Å². The first kappa shape index (κ1) is 20.4. The largest absolute Gasteiger partial charge is 0.461 e. The summed E-state index contributed by atoms with van der Waals surface area (Å²) in [5, 5.41) is 0. The predicted octanol–water partition coefficient (Wildman–Crippen LogP) is 5.78. The summed E-state index contributed by atoms with van der Waals surface area (Å²) in [5.41, 5.74) is 2.46. The van der Waals surface area contributed by atoms with Crippen molar-refractivity contribution in [1.82, 2.24) is 4.57 Å². The van der Waals surface area contributed by atoms with Gasteiger partial charge in [-0.15, -0.1) is 0 Å². The normalized spacial score (nSPS) is 11.2. The van der Waals surface area contributed by atoms with E-state index >= 15 is 0 Å². The van der Waals surface area contributed by atoms with Gasteiger partial charge in [0.25, 0.3) is 0 Å². The second-order valence-electron chi connectivity index (χ2n) is 7.56. The molecule has 3 rings (SSSR count). The van der Waals surface area contributed by atoms with Crippen LogP contribution in [0.3, 0.4) is 0 Å². The van der Waals surface area contributed by atoms with Crippen LogP contribution in [0.5, 0.6) is 0 Å². The molecule has 0 radical (unpaired) electrons. The number of ether oxygens (including phenoxy) is 2. The molecule has 0 aliphatic carbocycles. The van der Waals surface area contributed by atoms with Crippen molar-refractivity contribution in [2.75, 3.05) is 6.61 Å². The Balaban J connectivity index is 2.31. The molecule has 5 heteroatoms. The van der Waals surface area contributed by atoms with Gasteiger partial charge >= 0.3 is 12.1 Å². The molecule has 0 N–H and O–H groups in total. The van der Waals surface area contributed by atoms with E-state index < -0.39 is 17.7 Å². The van der Waals surface area contributed by atoms with Crippen LogP contribution in [-0.4, -0.2) is 28.8 Å². The number of hydrogen-bond donors (Lipinski definition) is 0. The predicted molar refractivity (Wildman–Crippen MR) is 113 cm³/mol. The van der Waals surface area contributed by atoms with E-state index in [0.29, 0.717) is 5.69 Å². The molecule has 0 aliphatic rings. The molecule has 0 aliphatic heterocycles. The number of esters is 1. The van der Waals surface area contributed by atoms with Gasteiger partial charge in [-0.25, -0.2) is 14.2 Å². The minimum absolute atomic E-state index is 0.138. The number of hydrogen-bond acceptors (Lipinski definition) is 4. The van der Waals surface area contributed by atoms with E-state index in [1.807, 2.05) is 60.7 Å². The smallest absolute Gasteiger partial charge is 0.419 e. The van der Waals surface area contributed by atoms with Gasteiger partial charge in [-0.3, -0.25) is 0 Å². The molecule has 5 nitrogen and oxygen atoms in total. The van der Waals surface area contributed by atoms with Crippen LogP contribution in [0.4, 0.5) is 4.79 Å². The first-order valence-corrected chi connectivity index (χ1v) is 9.59. The number of carbonyl (C=O) groups excluding carboxylic acids is 2. The van der Waals surface area contributed by atoms with Crippen molar-refractivity contribution in [2.45, 2.75) is 33.3 Å². The van der Waals surface area contributed by atoms with Gasteiger partial charge in [-0.05, 0) is 44.9 Å². The topological polar surface area (TPSA) is 57.5 Å². The summed E-state index contributed by atoms with van der Waals surface area (Å²) in [4.78, 5) is 25.9. The lowest BCUT2D eigenvalue weighted by atomic mass is 10.0. The second kappa shape index (κ2) is 8.35. The average molecular weight is 391 g/mol. The molecule has 3 aromatic rings. The van der Waals surface area contributed by atoms with Crippen molar-refractivity contribution in [1.29, 1.82) is 0 Å². The second-order valence-corrected chi connectivity index (χ2v) is 7.56. The Hall–Kier alpha value is -3.34. The average Bonchev–Trinajstić information content (AvgIpc) is 3.09. The molecular weight excluding hydrogens is 366 g/mol. The highest BCUT2D eigenvalue weighted by Gasteiger charge is 2.29. The maximum absolute atomic E-state index is 13.2. The quantitative estimate of drug-likeness (QED) is 0.529. The fourth-order valence-corrected chi connectivity index (χ4v) is 3.08. The van der Waals surface area contributed by atoms with Crippen molar-refractivity contribution >= 4 is 12.1 Å². The van der Waals surface area contributed by atoms with Crippen molar-refractivity contribution < 1.29 is 19.1 Å². The van der Waals surface area contributed by atoms with E-state index in [0.717, 1.165) is 16.7 Å². The molecule has 0 unspecified atom stereocenters. The molecule has 0 spiro atoms. The highest BCUT2D eigenvalue weighted by Crippen LogP contribution is 2.36. The summed E-state index contributed by atoms with van der Waals surface area (Å²) in [6.07, 6.45) is -0.624. The van der Waals surface area contributed by atoms with E-state index in [4.69, 9.17) is 9.47 Å². The van der Waals surface area contributed by atoms with Crippen LogP contribution in [0.15, 0.2) is 66.7 Å². The Kier molecular flexibility index (Phi) is 5.87. The maximum atomic E-state index is 13.2. The van der Waals surface area contributed by atoms with E-state index in [2.05, 4.69) is 0 Å². The zero-order valence-corrected chi connectivity index (χ0v) is 17.1. The highest BCUT2D eigenvalue weighted by atomic mass is 16.6. The first-order chi connectivity index (χ1) is 13.8. The van der Waals surface area contributed by atoms with Crippen LogP contribution in [0.2, 0.25) is 0 Å². The van der Waals surface area contributed by atoms with E-state index in [1.165, 1.54) is 4.57 Å². The molecule has 1 aromatic heterocycles. The van der Waals surface area contributed by atoms with E-state index in [1.54, 1.807) is 33.8 Å². The van der Waals surface area contributed by atoms with Crippen LogP contribution in [0.1, 0.15) is 38.2 Å². The number of benzene rings is 2. The molecule has 0 amide bonds. The van der Waals surface area contributed by atoms with Gasteiger partial charge < -0.3 is 9.47 Å². The summed E-state index contributed by atoms with van der Waals surface area (Å²) < 4.78 is 12.2. The van der Waals surface area contributed by atoms with Gasteiger partial charge in [-0.1, -0.05) is 60.7 Å². The number of carbonyl (C=O) groups is 2. The van der Waals surface area contributed by atoms with Crippen molar-refractivity contribution in [3.05, 3.63) is 72.4 Å². The standard InChI is InChI=1S/C24H25NO4/c1-5-28-22(26)20-16-19(17-12-8-6-9-13-17)21(18-14-10-7-11-15-18)25(20)23(27)29-24(2,3)4/h6-16H,5H2,1-4H3. The van der Waals surface area contributed by atoms with Crippen LogP contribution < -0.4 is 0 Å². The minimum atomic E-state index is -0.714. The molecule has 0 saturated heterocycles. The Morgan fingerprint density at radius 2 is 1.45 bits per heavy atom. The molecule has 0 atom stereocenters. The van der Waals surface area contributed by atoms with E-state index in [9.17, 15) is 9.59 Å². The molecule has 0 bridgehead atoms. The van der Waals surface area contributed by atoms with Gasteiger partial charge in [0.1, 0.15) is 11.3 Å². The zero-order valence-electron chi connectivity index (χ0n) is 17.1. The van der Waals surface area contributed by atoms with Crippen LogP contribution in [0, 0.1) is 0 Å². The highest BCUT2D eigenvalue weighted by molar-refractivity contribution is 6.00. The summed E-state index contributed by atoms with van der Waals surface area (Å²) in [5.74, 6) is -0.572. The summed E-state index contributed by atoms with van der Waals surface area (Å²) >= 11 is 0. The third-order valence-electron chi connectivity index (χ3n) is 4.19. The Bertz CT molecular complexity index is 999. The molecule has 0 saturated carbocycles. The monoisotopic (exact) mass is 391 g/mol. The van der Waals surface area contributed by atoms with Gasteiger partial charge in [0.15, 0.2) is 0 Å². The Labute approximate surface area is 170 Å². The van der Waals surface area contributed by atoms with E-state index in [-0.39, 0.29) is 12.3 Å². The summed E-state index contributed by atoms with van der Waals surface area (Å²) in [6.45, 7) is 7.31. The van der Waals surface area contributed by atoms with Crippen molar-refractivity contribution in [3.63, 3.8) is 0 Å². The van der Waals surface area contributed by atoms with Crippen LogP contribution >= 0.6 is 0 Å². The third-order valence-corrected chi connectivity index (χ3v) is 4.19. The lowest BCUT2D eigenvalue weighted by molar-refractivity contribution is 0.0451. The number of nitrogens with zero attached hydrogens (tertiary/aromatic N) is 1. The zero-order chi connectivity index (χ0) is 21.0. The Morgan fingerprint density at radius 1 is 0.897 bits per heavy atom. The van der Waals surface area contributed by atoms with Gasteiger partial charge in [0.05, 0.1) is 12.3 Å². The van der Waals surface area contributed by atoms with Crippen LogP contribution in [0.25, 0.3) is 22.4 Å². The number of aromatic nitrogens is 1. The van der Waals surface area contributed by atoms with Gasteiger partial charge in [0, 0.05) is 5.56 Å². The summed E-state index contributed by atoms with van der Waals surface area (Å²) in [7, 11) is 0. The lowest BCUT2D eigenvalue weighted by Crippen LogP contribution is -2.29. The minimum Gasteiger partial charge on any atom is -0.461 e. The molecule has 150 valence electrons. The molecular formula is C24H25NO4. The van der Waals surface area contributed by atoms with Gasteiger partial charge in [-0.2, -0.15) is 0 Å². The lowest BCUT2D eigenvalue weighted by Gasteiger charge is -2.21. The fourth-order valence-electron chi connectivity index (χ4n) is 3.08.